The number of benzene rings is 2. The van der Waals surface area contributed by atoms with Crippen LogP contribution < -0.4 is 31.3 Å². The molecule has 256 valence electrons. The highest BCUT2D eigenvalue weighted by Gasteiger charge is 2.30. The summed E-state index contributed by atoms with van der Waals surface area (Å²) in [6, 6.07) is 12.8. The van der Waals surface area contributed by atoms with E-state index in [-0.39, 0.29) is 37.0 Å². The molecule has 1 aliphatic heterocycles. The van der Waals surface area contributed by atoms with Crippen molar-refractivity contribution >= 4 is 29.5 Å². The van der Waals surface area contributed by atoms with Crippen LogP contribution in [-0.2, 0) is 32.1 Å². The van der Waals surface area contributed by atoms with E-state index in [1.807, 2.05) is 54.9 Å². The molecule has 3 aromatic rings. The zero-order valence-corrected chi connectivity index (χ0v) is 27.4. The molecule has 13 nitrogen and oxygen atoms in total. The topological polar surface area (TPSA) is 173 Å². The van der Waals surface area contributed by atoms with Gasteiger partial charge in [0.25, 0.3) is 5.91 Å². The molecule has 0 spiro atoms. The van der Waals surface area contributed by atoms with Gasteiger partial charge in [-0.15, -0.1) is 0 Å². The lowest BCUT2D eigenvalue weighted by Gasteiger charge is -2.25. The first-order valence-electron chi connectivity index (χ1n) is 16.4. The summed E-state index contributed by atoms with van der Waals surface area (Å²) in [7, 11) is 0. The molecule has 0 bridgehead atoms. The number of rotatable bonds is 9. The maximum absolute atomic E-state index is 13.6. The number of ether oxygens (including phenoxy) is 1. The first-order valence-corrected chi connectivity index (χ1v) is 16.4. The number of carbonyl (C=O) groups is 5. The number of carbonyl (C=O) groups excluding carboxylic acids is 5. The van der Waals surface area contributed by atoms with Crippen LogP contribution in [0.2, 0.25) is 0 Å². The molecule has 2 aromatic carbocycles. The number of nitrogens with zero attached hydrogens (tertiary/aromatic N) is 2. The van der Waals surface area contributed by atoms with Crippen LogP contribution in [0.15, 0.2) is 73.3 Å². The summed E-state index contributed by atoms with van der Waals surface area (Å²) >= 11 is 0. The highest BCUT2D eigenvalue weighted by atomic mass is 16.5. The van der Waals surface area contributed by atoms with E-state index in [1.165, 1.54) is 0 Å². The molecule has 13 heteroatoms. The van der Waals surface area contributed by atoms with Crippen LogP contribution in [0.4, 0.5) is 0 Å². The minimum absolute atomic E-state index is 0.0195. The summed E-state index contributed by atoms with van der Waals surface area (Å²) in [4.78, 5) is 71.3. The van der Waals surface area contributed by atoms with E-state index in [1.54, 1.807) is 36.8 Å². The largest absolute Gasteiger partial charge is 0.493 e. The van der Waals surface area contributed by atoms with E-state index in [4.69, 9.17) is 4.74 Å². The van der Waals surface area contributed by atoms with Crippen molar-refractivity contribution in [3.05, 3.63) is 84.4 Å². The minimum atomic E-state index is -1.24. The number of hydrogen-bond acceptors (Lipinski definition) is 7. The summed E-state index contributed by atoms with van der Waals surface area (Å²) in [5.74, 6) is -2.30. The quantitative estimate of drug-likeness (QED) is 0.218. The van der Waals surface area contributed by atoms with Gasteiger partial charge < -0.3 is 35.9 Å². The van der Waals surface area contributed by atoms with Gasteiger partial charge in [0, 0.05) is 38.4 Å². The Hall–Kier alpha value is -5.20. The van der Waals surface area contributed by atoms with Crippen LogP contribution in [0, 0.1) is 5.92 Å². The second-order valence-corrected chi connectivity index (χ2v) is 12.2. The van der Waals surface area contributed by atoms with Crippen LogP contribution in [0.1, 0.15) is 55.5 Å². The van der Waals surface area contributed by atoms with Gasteiger partial charge in [0.05, 0.1) is 24.9 Å². The van der Waals surface area contributed by atoms with Crippen LogP contribution in [0.5, 0.6) is 5.75 Å². The van der Waals surface area contributed by atoms with E-state index < -0.39 is 48.2 Å². The highest BCUT2D eigenvalue weighted by Crippen LogP contribution is 2.19. The van der Waals surface area contributed by atoms with Crippen molar-refractivity contribution in [1.82, 2.24) is 36.1 Å². The monoisotopic (exact) mass is 659 g/mol. The van der Waals surface area contributed by atoms with Crippen LogP contribution in [0.25, 0.3) is 0 Å². The Bertz CT molecular complexity index is 1510. The number of amides is 5. The molecule has 0 aliphatic carbocycles. The summed E-state index contributed by atoms with van der Waals surface area (Å²) in [5, 5.41) is 14.0. The fourth-order valence-corrected chi connectivity index (χ4v) is 5.30. The third kappa shape index (κ3) is 11.2. The zero-order chi connectivity index (χ0) is 34.3. The molecule has 4 rings (SSSR count). The number of fused-ring (bicyclic) bond motifs is 1. The molecule has 3 atom stereocenters. The number of aromatic nitrogens is 2. The van der Waals surface area contributed by atoms with Crippen molar-refractivity contribution in [3.63, 3.8) is 0 Å². The van der Waals surface area contributed by atoms with E-state index in [0.717, 1.165) is 5.56 Å². The molecule has 2 heterocycles. The first-order chi connectivity index (χ1) is 23.2. The van der Waals surface area contributed by atoms with Crippen LogP contribution >= 0.6 is 0 Å². The SMILES string of the molecule is CC(C)C[C@H]1NC(=O)C[C@@H](C(=O)NCCCn2ccnc2)NC(=O)c2ccccc2OCCCNC(=O)[C@H](Cc2ccccc2)NC1=O. The van der Waals surface area contributed by atoms with E-state index in [0.29, 0.717) is 38.1 Å². The van der Waals surface area contributed by atoms with Crippen molar-refractivity contribution in [1.29, 1.82) is 0 Å². The van der Waals surface area contributed by atoms with Crippen molar-refractivity contribution in [2.45, 2.75) is 70.6 Å². The summed E-state index contributed by atoms with van der Waals surface area (Å²) in [6.45, 7) is 5.22. The van der Waals surface area contributed by atoms with Gasteiger partial charge in [-0.25, -0.2) is 4.98 Å². The normalized spacial score (nSPS) is 19.8. The van der Waals surface area contributed by atoms with E-state index in [9.17, 15) is 24.0 Å². The second kappa shape index (κ2) is 18.2. The first kappa shape index (κ1) is 35.7. The molecule has 5 N–H and O–H groups in total. The summed E-state index contributed by atoms with van der Waals surface area (Å²) in [5.41, 5.74) is 1.06. The summed E-state index contributed by atoms with van der Waals surface area (Å²) in [6.07, 6.45) is 6.32. The third-order valence-electron chi connectivity index (χ3n) is 7.75. The van der Waals surface area contributed by atoms with E-state index >= 15 is 0 Å². The van der Waals surface area contributed by atoms with Gasteiger partial charge in [0.2, 0.25) is 23.6 Å². The Labute approximate surface area is 280 Å². The molecular formula is C35H45N7O6. The van der Waals surface area contributed by atoms with Crippen molar-refractivity contribution in [2.75, 3.05) is 19.7 Å². The molecule has 1 aromatic heterocycles. The average molecular weight is 660 g/mol. The maximum atomic E-state index is 13.6. The van der Waals surface area contributed by atoms with Gasteiger partial charge in [-0.3, -0.25) is 24.0 Å². The lowest BCUT2D eigenvalue weighted by molar-refractivity contribution is -0.133. The molecule has 0 saturated carbocycles. The molecule has 0 radical (unpaired) electrons. The molecule has 0 unspecified atom stereocenters. The number of aryl methyl sites for hydroxylation is 1. The Morgan fingerprint density at radius 1 is 0.979 bits per heavy atom. The fourth-order valence-electron chi connectivity index (χ4n) is 5.30. The minimum Gasteiger partial charge on any atom is -0.493 e. The zero-order valence-electron chi connectivity index (χ0n) is 27.4. The van der Waals surface area contributed by atoms with Crippen LogP contribution in [0.3, 0.4) is 0 Å². The predicted molar refractivity (Wildman–Crippen MR) is 179 cm³/mol. The van der Waals surface area contributed by atoms with Crippen molar-refractivity contribution in [2.24, 2.45) is 5.92 Å². The predicted octanol–water partition coefficient (Wildman–Crippen LogP) is 1.74. The lowest BCUT2D eigenvalue weighted by Crippen LogP contribution is -2.56. The lowest BCUT2D eigenvalue weighted by atomic mass is 10.0. The Morgan fingerprint density at radius 2 is 1.75 bits per heavy atom. The van der Waals surface area contributed by atoms with Crippen molar-refractivity contribution < 1.29 is 28.7 Å². The molecule has 0 fully saturated rings. The molecule has 5 amide bonds. The van der Waals surface area contributed by atoms with Crippen LogP contribution in [-0.4, -0.2) is 76.9 Å². The Morgan fingerprint density at radius 3 is 2.50 bits per heavy atom. The summed E-state index contributed by atoms with van der Waals surface area (Å²) < 4.78 is 7.77. The highest BCUT2D eigenvalue weighted by molar-refractivity contribution is 6.01. The molecule has 0 saturated heterocycles. The van der Waals surface area contributed by atoms with Gasteiger partial charge in [-0.2, -0.15) is 0 Å². The molecular weight excluding hydrogens is 614 g/mol. The number of imidazole rings is 1. The Balaban J connectivity index is 1.56. The van der Waals surface area contributed by atoms with Gasteiger partial charge in [0.15, 0.2) is 0 Å². The van der Waals surface area contributed by atoms with Gasteiger partial charge in [0.1, 0.15) is 23.9 Å². The van der Waals surface area contributed by atoms with Gasteiger partial charge >= 0.3 is 0 Å². The molecule has 1 aliphatic rings. The van der Waals surface area contributed by atoms with E-state index in [2.05, 4.69) is 31.6 Å². The smallest absolute Gasteiger partial charge is 0.255 e. The number of para-hydroxylation sites is 1. The molecule has 48 heavy (non-hydrogen) atoms. The third-order valence-corrected chi connectivity index (χ3v) is 7.75. The fraction of sp³-hybridized carbons (Fsp3) is 0.429. The Kier molecular flexibility index (Phi) is 13.5. The van der Waals surface area contributed by atoms with Crippen molar-refractivity contribution in [3.8, 4) is 5.75 Å². The number of nitrogens with one attached hydrogen (secondary N) is 5. The maximum Gasteiger partial charge on any atom is 0.255 e. The number of hydrogen-bond donors (Lipinski definition) is 5. The second-order valence-electron chi connectivity index (χ2n) is 12.2. The van der Waals surface area contributed by atoms with Gasteiger partial charge in [-0.1, -0.05) is 56.3 Å². The average Bonchev–Trinajstić information content (AvgIpc) is 3.59. The standard InChI is InChI=1S/C35H45N7O6/c1-24(2)20-27-35(47)41-28(21-25-10-4-3-5-11-25)33(45)38-15-9-19-48-30-13-7-6-12-26(30)32(44)40-29(22-31(43)39-27)34(46)37-14-8-17-42-18-16-36-23-42/h3-7,10-13,16,18,23-24,27-29H,8-9,14-15,17,19-22H2,1-2H3,(H,37,46)(H,38,45)(H,39,43)(H,40,44)(H,41,47)/t27-,28+,29+/m1/s1. The van der Waals surface area contributed by atoms with Gasteiger partial charge in [-0.05, 0) is 42.9 Å².